The number of methoxy groups -OCH3 is 3. The number of aliphatic hydroxyl groups excluding tert-OH is 4. The van der Waals surface area contributed by atoms with Crippen LogP contribution >= 0.6 is 0 Å². The van der Waals surface area contributed by atoms with Crippen molar-refractivity contribution in [3.63, 3.8) is 0 Å². The lowest BCUT2D eigenvalue weighted by Gasteiger charge is -2.32. The van der Waals surface area contributed by atoms with Crippen LogP contribution in [0.2, 0.25) is 0 Å². The zero-order valence-electron chi connectivity index (χ0n) is 51.0. The van der Waals surface area contributed by atoms with Gasteiger partial charge in [-0.15, -0.1) is 0 Å². The van der Waals surface area contributed by atoms with Gasteiger partial charge in [-0.3, -0.25) is 0 Å². The second-order valence-electron chi connectivity index (χ2n) is 22.5. The molecule has 12 aromatic carbocycles. The van der Waals surface area contributed by atoms with Crippen molar-refractivity contribution in [2.24, 2.45) is 0 Å². The second kappa shape index (κ2) is 26.0. The molecule has 91 heavy (non-hydrogen) atoms. The van der Waals surface area contributed by atoms with Crippen LogP contribution in [0.5, 0.6) is 17.2 Å². The van der Waals surface area contributed by atoms with Crippen molar-refractivity contribution < 1.29 is 34.6 Å². The van der Waals surface area contributed by atoms with Crippen molar-refractivity contribution in [2.75, 3.05) is 40.9 Å². The Labute approximate surface area is 531 Å². The normalized spacial score (nSPS) is 11.3. The Morgan fingerprint density at radius 3 is 0.582 bits per heavy atom. The fourth-order valence-electron chi connectivity index (χ4n) is 12.2. The molecular formula is C80H68N4O7. The highest BCUT2D eigenvalue weighted by molar-refractivity contribution is 6.07. The average Bonchev–Trinajstić information content (AvgIpc) is 0.822. The van der Waals surface area contributed by atoms with Crippen LogP contribution in [0, 0.1) is 6.92 Å². The number of hydrogen-bond acceptors (Lipinski definition) is 11. The minimum absolute atomic E-state index is 0.0882. The van der Waals surface area contributed by atoms with Crippen LogP contribution in [-0.2, 0) is 26.4 Å². The highest BCUT2D eigenvalue weighted by atomic mass is 16.5. The van der Waals surface area contributed by atoms with Crippen molar-refractivity contribution in [1.29, 1.82) is 0 Å². The SMILES string of the molecule is COc1ccc(N(c2ccc(C)cc2)c2ccc3c(c2)-c2cc(N(c4ccc(CO)cc4)c4ccc(CO)cc4)ccc2-c2ccc(N(c4ccc(OC)cc4)c4ccc(OC)cc4)cc2-c2cc(N(c4ccc(CO)cc4)c4ccc(CO)cc4)ccc2-3)cc1. The minimum atomic E-state index is -0.0893. The van der Waals surface area contributed by atoms with Gasteiger partial charge in [0.15, 0.2) is 0 Å². The van der Waals surface area contributed by atoms with E-state index in [4.69, 9.17) is 14.2 Å². The van der Waals surface area contributed by atoms with Crippen LogP contribution in [0.15, 0.2) is 267 Å². The van der Waals surface area contributed by atoms with Gasteiger partial charge in [-0.25, -0.2) is 0 Å². The van der Waals surface area contributed by atoms with E-state index >= 15 is 0 Å². The molecule has 1 aliphatic rings. The predicted octanol–water partition coefficient (Wildman–Crippen LogP) is 18.9. The summed E-state index contributed by atoms with van der Waals surface area (Å²) in [6, 6.07) is 91.9. The van der Waals surface area contributed by atoms with E-state index in [9.17, 15) is 20.4 Å². The molecule has 0 spiro atoms. The number of fused-ring (bicyclic) bond motifs is 8. The number of aliphatic hydroxyl groups is 4. The highest BCUT2D eigenvalue weighted by Crippen LogP contribution is 2.54. The zero-order chi connectivity index (χ0) is 62.5. The number of benzene rings is 12. The lowest BCUT2D eigenvalue weighted by Crippen LogP contribution is -2.13. The Balaban J connectivity index is 1.12. The maximum Gasteiger partial charge on any atom is 0.119 e. The Morgan fingerprint density at radius 2 is 0.396 bits per heavy atom. The molecule has 0 atom stereocenters. The third-order valence-corrected chi connectivity index (χ3v) is 17.0. The van der Waals surface area contributed by atoms with E-state index < -0.39 is 0 Å². The van der Waals surface area contributed by atoms with Gasteiger partial charge in [0.05, 0.1) is 47.8 Å². The first kappa shape index (κ1) is 59.1. The number of hydrogen-bond donors (Lipinski definition) is 4. The maximum atomic E-state index is 10.2. The van der Waals surface area contributed by atoms with Gasteiger partial charge < -0.3 is 54.2 Å². The predicted molar refractivity (Wildman–Crippen MR) is 369 cm³/mol. The van der Waals surface area contributed by atoms with Crippen LogP contribution in [0.3, 0.4) is 0 Å². The molecule has 0 fully saturated rings. The van der Waals surface area contributed by atoms with Gasteiger partial charge in [0, 0.05) is 68.2 Å². The van der Waals surface area contributed by atoms with E-state index in [0.717, 1.165) is 158 Å². The summed E-state index contributed by atoms with van der Waals surface area (Å²) in [4.78, 5) is 8.99. The molecule has 0 bridgehead atoms. The third kappa shape index (κ3) is 11.9. The molecule has 1 aliphatic carbocycles. The Morgan fingerprint density at radius 1 is 0.220 bits per heavy atom. The monoisotopic (exact) mass is 1200 g/mol. The van der Waals surface area contributed by atoms with Crippen molar-refractivity contribution in [2.45, 2.75) is 33.4 Å². The summed E-state index contributed by atoms with van der Waals surface area (Å²) in [5, 5.41) is 40.9. The summed E-state index contributed by atoms with van der Waals surface area (Å²) in [6.45, 7) is 1.75. The molecule has 11 nitrogen and oxygen atoms in total. The number of ether oxygens (including phenoxy) is 3. The number of anilines is 12. The highest BCUT2D eigenvalue weighted by Gasteiger charge is 2.29. The molecule has 13 rings (SSSR count). The fourth-order valence-corrected chi connectivity index (χ4v) is 12.2. The van der Waals surface area contributed by atoms with Crippen LogP contribution < -0.4 is 33.8 Å². The molecular weight excluding hydrogens is 1130 g/mol. The van der Waals surface area contributed by atoms with E-state index in [-0.39, 0.29) is 26.4 Å². The minimum Gasteiger partial charge on any atom is -0.497 e. The van der Waals surface area contributed by atoms with E-state index in [1.54, 1.807) is 21.3 Å². The summed E-state index contributed by atoms with van der Waals surface area (Å²) < 4.78 is 17.1. The van der Waals surface area contributed by atoms with E-state index in [2.05, 4.69) is 160 Å². The molecule has 0 unspecified atom stereocenters. The van der Waals surface area contributed by atoms with E-state index in [0.29, 0.717) is 0 Å². The number of aryl methyl sites for hydroxylation is 1. The van der Waals surface area contributed by atoms with E-state index in [1.165, 1.54) is 0 Å². The molecule has 0 saturated carbocycles. The lowest BCUT2D eigenvalue weighted by atomic mass is 9.80. The molecule has 0 aliphatic heterocycles. The summed E-state index contributed by atoms with van der Waals surface area (Å²) >= 11 is 0. The summed E-state index contributed by atoms with van der Waals surface area (Å²) in [5.41, 5.74) is 23.2. The van der Waals surface area contributed by atoms with Crippen molar-refractivity contribution in [3.05, 3.63) is 295 Å². The van der Waals surface area contributed by atoms with Gasteiger partial charge in [0.25, 0.3) is 0 Å². The number of rotatable bonds is 19. The quantitative estimate of drug-likeness (QED) is 0.0619. The van der Waals surface area contributed by atoms with Crippen molar-refractivity contribution in [3.8, 4) is 61.8 Å². The second-order valence-corrected chi connectivity index (χ2v) is 22.5. The summed E-state index contributed by atoms with van der Waals surface area (Å²) in [6.07, 6.45) is 0. The smallest absolute Gasteiger partial charge is 0.119 e. The molecule has 0 radical (unpaired) electrons. The third-order valence-electron chi connectivity index (χ3n) is 17.0. The molecule has 11 heteroatoms. The topological polar surface area (TPSA) is 122 Å². The van der Waals surface area contributed by atoms with Crippen LogP contribution in [0.1, 0.15) is 27.8 Å². The van der Waals surface area contributed by atoms with Gasteiger partial charge in [-0.2, -0.15) is 0 Å². The van der Waals surface area contributed by atoms with Gasteiger partial charge in [0.2, 0.25) is 0 Å². The van der Waals surface area contributed by atoms with Gasteiger partial charge >= 0.3 is 0 Å². The lowest BCUT2D eigenvalue weighted by molar-refractivity contribution is 0.281. The Hall–Kier alpha value is -10.9. The van der Waals surface area contributed by atoms with Crippen LogP contribution in [0.4, 0.5) is 68.2 Å². The molecule has 12 aromatic rings. The average molecular weight is 1200 g/mol. The first-order valence-corrected chi connectivity index (χ1v) is 30.2. The van der Waals surface area contributed by atoms with Gasteiger partial charge in [-0.05, 0) is 256 Å². The fraction of sp³-hybridized carbons (Fsp3) is 0.100. The van der Waals surface area contributed by atoms with Crippen molar-refractivity contribution >= 4 is 68.2 Å². The van der Waals surface area contributed by atoms with E-state index in [1.807, 2.05) is 133 Å². The molecule has 0 heterocycles. The first-order valence-electron chi connectivity index (χ1n) is 30.2. The standard InChI is InChI=1S/C80H68N4O7/c1-53-5-15-58(16-6-53)81(63-25-35-70(89-2)36-26-63)66-31-41-73-74-42-32-68(83(61-21-11-56(51-87)12-22-61)62-23-13-57(52-88)14-24-62)47-79(74)80-48-69(84(64-27-37-71(90-3)38-28-64)65-29-39-72(91-4)40-30-65)34-44-76(80)75-43-33-67(46-78(75)77(73)45-66)82(59-17-7-54(49-85)8-18-59)60-19-9-55(50-86)10-20-60/h5-48,85-88H,49-52H2,1-4H3. The maximum absolute atomic E-state index is 10.2. The number of nitrogens with zero attached hydrogens (tertiary/aromatic N) is 4. The largest absolute Gasteiger partial charge is 0.497 e. The Bertz CT molecular complexity index is 4350. The summed E-state index contributed by atoms with van der Waals surface area (Å²) in [7, 11) is 5.04. The van der Waals surface area contributed by atoms with Crippen molar-refractivity contribution in [1.82, 2.24) is 0 Å². The first-order chi connectivity index (χ1) is 44.6. The molecule has 0 saturated heterocycles. The summed E-state index contributed by atoms with van der Waals surface area (Å²) in [5.74, 6) is 2.24. The van der Waals surface area contributed by atoms with Crippen LogP contribution in [-0.4, -0.2) is 41.8 Å². The molecule has 450 valence electrons. The van der Waals surface area contributed by atoms with Gasteiger partial charge in [-0.1, -0.05) is 90.5 Å². The Kier molecular flexibility index (Phi) is 16.9. The van der Waals surface area contributed by atoms with Gasteiger partial charge in [0.1, 0.15) is 17.2 Å². The molecule has 0 amide bonds. The molecule has 0 aromatic heterocycles. The molecule has 4 N–H and O–H groups in total. The zero-order valence-corrected chi connectivity index (χ0v) is 51.0. The van der Waals surface area contributed by atoms with Crippen LogP contribution in [0.25, 0.3) is 44.5 Å².